The molecule has 3 aliphatic carbocycles. The Bertz CT molecular complexity index is 1100. The Labute approximate surface area is 180 Å². The van der Waals surface area contributed by atoms with Gasteiger partial charge in [0.2, 0.25) is 0 Å². The molecule has 0 radical (unpaired) electrons. The second kappa shape index (κ2) is 7.82. The first-order valence-electron chi connectivity index (χ1n) is 10.5. The summed E-state index contributed by atoms with van der Waals surface area (Å²) in [5, 5.41) is 9.34. The van der Waals surface area contributed by atoms with Gasteiger partial charge in [-0.3, -0.25) is 4.79 Å². The SMILES string of the molecule is C=C1CC=C2C(=CC1OCc1cc(Oc3ccccc3)ccc1F)C[C@H]1[C@H](C(=O)O)[C@@H]21. The molecule has 158 valence electrons. The summed E-state index contributed by atoms with van der Waals surface area (Å²) in [6, 6.07) is 14.0. The fourth-order valence-corrected chi connectivity index (χ4v) is 4.76. The lowest BCUT2D eigenvalue weighted by molar-refractivity contribution is -0.139. The monoisotopic (exact) mass is 418 g/mol. The van der Waals surface area contributed by atoms with E-state index in [0.717, 1.165) is 23.1 Å². The molecule has 2 aromatic carbocycles. The molecule has 5 heteroatoms. The molecule has 0 amide bonds. The van der Waals surface area contributed by atoms with Crippen molar-refractivity contribution < 1.29 is 23.8 Å². The molecule has 4 nitrogen and oxygen atoms in total. The molecule has 4 atom stereocenters. The Morgan fingerprint density at radius 2 is 1.97 bits per heavy atom. The Balaban J connectivity index is 1.28. The van der Waals surface area contributed by atoms with E-state index in [2.05, 4.69) is 12.7 Å². The van der Waals surface area contributed by atoms with Gasteiger partial charge in [0.15, 0.2) is 0 Å². The zero-order valence-corrected chi connectivity index (χ0v) is 17.0. The van der Waals surface area contributed by atoms with E-state index in [4.69, 9.17) is 9.47 Å². The largest absolute Gasteiger partial charge is 0.481 e. The molecule has 1 N–H and O–H groups in total. The summed E-state index contributed by atoms with van der Waals surface area (Å²) in [7, 11) is 0. The third-order valence-corrected chi connectivity index (χ3v) is 6.39. The van der Waals surface area contributed by atoms with Gasteiger partial charge < -0.3 is 14.6 Å². The predicted molar refractivity (Wildman–Crippen MR) is 114 cm³/mol. The van der Waals surface area contributed by atoms with Crippen LogP contribution in [-0.2, 0) is 16.1 Å². The summed E-state index contributed by atoms with van der Waals surface area (Å²) in [5.41, 5.74) is 3.58. The van der Waals surface area contributed by atoms with E-state index in [9.17, 15) is 14.3 Å². The number of rotatable bonds is 6. The minimum atomic E-state index is -0.709. The van der Waals surface area contributed by atoms with Crippen molar-refractivity contribution in [3.8, 4) is 11.5 Å². The number of hydrogen-bond donors (Lipinski definition) is 1. The third-order valence-electron chi connectivity index (χ3n) is 6.39. The molecular weight excluding hydrogens is 395 g/mol. The Morgan fingerprint density at radius 3 is 2.74 bits per heavy atom. The molecule has 0 aliphatic heterocycles. The molecule has 5 rings (SSSR count). The first kappa shape index (κ1) is 19.8. The highest BCUT2D eigenvalue weighted by atomic mass is 19.1. The van der Waals surface area contributed by atoms with Crippen molar-refractivity contribution in [3.63, 3.8) is 0 Å². The van der Waals surface area contributed by atoms with Crippen LogP contribution in [0.25, 0.3) is 0 Å². The number of para-hydroxylation sites is 1. The van der Waals surface area contributed by atoms with E-state index in [1.165, 1.54) is 6.07 Å². The molecular formula is C26H23FO4. The summed E-state index contributed by atoms with van der Waals surface area (Å²) < 4.78 is 26.3. The maximum absolute atomic E-state index is 14.4. The molecule has 3 aliphatic rings. The van der Waals surface area contributed by atoms with Crippen molar-refractivity contribution >= 4 is 5.97 Å². The lowest BCUT2D eigenvalue weighted by Crippen LogP contribution is -2.13. The maximum atomic E-state index is 14.4. The average molecular weight is 418 g/mol. The van der Waals surface area contributed by atoms with Crippen LogP contribution in [0.4, 0.5) is 4.39 Å². The number of ether oxygens (including phenoxy) is 2. The predicted octanol–water partition coefficient (Wildman–Crippen LogP) is 5.67. The summed E-state index contributed by atoms with van der Waals surface area (Å²) >= 11 is 0. The van der Waals surface area contributed by atoms with Crippen LogP contribution in [-0.4, -0.2) is 17.2 Å². The van der Waals surface area contributed by atoms with Crippen LogP contribution in [0.15, 0.2) is 84.0 Å². The van der Waals surface area contributed by atoms with Gasteiger partial charge >= 0.3 is 5.97 Å². The lowest BCUT2D eigenvalue weighted by Gasteiger charge is -2.17. The van der Waals surface area contributed by atoms with Gasteiger partial charge in [0, 0.05) is 11.5 Å². The Hall–Kier alpha value is -3.18. The number of carboxylic acids is 1. The molecule has 2 saturated carbocycles. The third kappa shape index (κ3) is 3.81. The topological polar surface area (TPSA) is 55.8 Å². The summed E-state index contributed by atoms with van der Waals surface area (Å²) in [6.45, 7) is 4.22. The number of fused-ring (bicyclic) bond motifs is 3. The van der Waals surface area contributed by atoms with E-state index >= 15 is 0 Å². The molecule has 2 aromatic rings. The smallest absolute Gasteiger partial charge is 0.307 e. The standard InChI is InChI=1S/C26H23FO4/c1-15-7-9-20-16(12-21-24(20)25(21)26(28)29)13-23(15)30-14-17-11-19(8-10-22(17)27)31-18-5-3-2-4-6-18/h2-6,8-11,13,21,23-25H,1,7,12,14H2,(H,28,29)/t21-,23?,24+,25+/m1/s1. The minimum absolute atomic E-state index is 0.0885. The molecule has 31 heavy (non-hydrogen) atoms. The van der Waals surface area contributed by atoms with Crippen LogP contribution in [0, 0.1) is 23.6 Å². The highest BCUT2D eigenvalue weighted by Gasteiger charge is 2.61. The fraction of sp³-hybridized carbons (Fsp3) is 0.269. The van der Waals surface area contributed by atoms with Gasteiger partial charge in [-0.1, -0.05) is 30.9 Å². The molecule has 0 saturated heterocycles. The Morgan fingerprint density at radius 1 is 1.16 bits per heavy atom. The Kier molecular flexibility index (Phi) is 4.98. The van der Waals surface area contributed by atoms with Crippen LogP contribution in [0.5, 0.6) is 11.5 Å². The van der Waals surface area contributed by atoms with Gasteiger partial charge in [-0.15, -0.1) is 0 Å². The number of hydrogen-bond acceptors (Lipinski definition) is 3. The van der Waals surface area contributed by atoms with Crippen molar-refractivity contribution in [3.05, 3.63) is 95.4 Å². The quantitative estimate of drug-likeness (QED) is 0.615. The van der Waals surface area contributed by atoms with Crippen LogP contribution in [0.2, 0.25) is 0 Å². The van der Waals surface area contributed by atoms with E-state index in [1.54, 1.807) is 12.1 Å². The number of carboxylic acid groups (broad SMARTS) is 1. The molecule has 0 heterocycles. The zero-order chi connectivity index (χ0) is 21.5. The van der Waals surface area contributed by atoms with Crippen molar-refractivity contribution in [2.75, 3.05) is 0 Å². The van der Waals surface area contributed by atoms with Crippen LogP contribution in [0.1, 0.15) is 18.4 Å². The second-order valence-corrected chi connectivity index (χ2v) is 8.37. The van der Waals surface area contributed by atoms with Crippen LogP contribution in [0.3, 0.4) is 0 Å². The first-order valence-corrected chi connectivity index (χ1v) is 10.5. The summed E-state index contributed by atoms with van der Waals surface area (Å²) in [5.74, 6) is 0.238. The van der Waals surface area contributed by atoms with Crippen LogP contribution >= 0.6 is 0 Å². The van der Waals surface area contributed by atoms with Crippen molar-refractivity contribution in [1.29, 1.82) is 0 Å². The van der Waals surface area contributed by atoms with Crippen molar-refractivity contribution in [1.82, 2.24) is 0 Å². The fourth-order valence-electron chi connectivity index (χ4n) is 4.76. The van der Waals surface area contributed by atoms with Gasteiger partial charge in [-0.25, -0.2) is 4.39 Å². The molecule has 0 aromatic heterocycles. The average Bonchev–Trinajstić information content (AvgIpc) is 3.40. The number of benzene rings is 2. The molecule has 0 bridgehead atoms. The van der Waals surface area contributed by atoms with E-state index in [0.29, 0.717) is 23.5 Å². The number of carbonyl (C=O) groups is 1. The lowest BCUT2D eigenvalue weighted by atomic mass is 10.0. The van der Waals surface area contributed by atoms with Crippen molar-refractivity contribution in [2.45, 2.75) is 25.6 Å². The first-order chi connectivity index (χ1) is 15.0. The van der Waals surface area contributed by atoms with Gasteiger partial charge in [0.05, 0.1) is 18.6 Å². The highest BCUT2D eigenvalue weighted by Crippen LogP contribution is 2.63. The minimum Gasteiger partial charge on any atom is -0.481 e. The van der Waals surface area contributed by atoms with Gasteiger partial charge in [0.1, 0.15) is 17.3 Å². The summed E-state index contributed by atoms with van der Waals surface area (Å²) in [6.07, 6.45) is 5.20. The van der Waals surface area contributed by atoms with Crippen LogP contribution < -0.4 is 4.74 Å². The molecule has 2 fully saturated rings. The molecule has 1 unspecified atom stereocenters. The number of allylic oxidation sites excluding steroid dienone is 3. The maximum Gasteiger partial charge on any atom is 0.307 e. The molecule has 0 spiro atoms. The van der Waals surface area contributed by atoms with Gasteiger partial charge in [0.25, 0.3) is 0 Å². The number of halogens is 1. The number of aliphatic carboxylic acids is 1. The van der Waals surface area contributed by atoms with Gasteiger partial charge in [-0.05, 0) is 71.9 Å². The second-order valence-electron chi connectivity index (χ2n) is 8.37. The van der Waals surface area contributed by atoms with E-state index in [1.807, 2.05) is 36.4 Å². The van der Waals surface area contributed by atoms with E-state index < -0.39 is 5.97 Å². The summed E-state index contributed by atoms with van der Waals surface area (Å²) in [4.78, 5) is 11.4. The normalized spacial score (nSPS) is 26.3. The van der Waals surface area contributed by atoms with E-state index in [-0.39, 0.29) is 36.3 Å². The highest BCUT2D eigenvalue weighted by molar-refractivity contribution is 5.77. The van der Waals surface area contributed by atoms with Crippen molar-refractivity contribution in [2.24, 2.45) is 17.8 Å². The zero-order valence-electron chi connectivity index (χ0n) is 17.0. The van der Waals surface area contributed by atoms with Gasteiger partial charge in [-0.2, -0.15) is 0 Å².